The predicted octanol–water partition coefficient (Wildman–Crippen LogP) is 4.02. The highest BCUT2D eigenvalue weighted by atomic mass is 16.5. The first-order valence-electron chi connectivity index (χ1n) is 12.0. The van der Waals surface area contributed by atoms with E-state index in [0.717, 1.165) is 17.5 Å². The van der Waals surface area contributed by atoms with E-state index in [-0.39, 0.29) is 36.9 Å². The fraction of sp³-hybridized carbons (Fsp3) is 0.444. The van der Waals surface area contributed by atoms with E-state index in [9.17, 15) is 19.5 Å². The van der Waals surface area contributed by atoms with Crippen LogP contribution in [0.4, 0.5) is 4.79 Å². The Balaban J connectivity index is 1.21. The number of benzene rings is 2. The van der Waals surface area contributed by atoms with Crippen molar-refractivity contribution < 1.29 is 24.2 Å². The lowest BCUT2D eigenvalue weighted by molar-refractivity contribution is -0.147. The molecule has 2 fully saturated rings. The molecule has 0 spiro atoms. The molecule has 3 aliphatic rings. The zero-order valence-corrected chi connectivity index (χ0v) is 19.3. The maximum atomic E-state index is 13.1. The molecule has 0 aromatic heterocycles. The molecule has 3 atom stereocenters. The van der Waals surface area contributed by atoms with Crippen molar-refractivity contribution in [3.05, 3.63) is 59.7 Å². The minimum Gasteiger partial charge on any atom is -0.481 e. The number of carboxylic acids is 1. The molecule has 1 saturated heterocycles. The van der Waals surface area contributed by atoms with Gasteiger partial charge in [-0.15, -0.1) is 0 Å². The highest BCUT2D eigenvalue weighted by Crippen LogP contribution is 2.44. The number of fused-ring (bicyclic) bond motifs is 3. The molecule has 7 nitrogen and oxygen atoms in total. The van der Waals surface area contributed by atoms with Gasteiger partial charge in [0.15, 0.2) is 0 Å². The fourth-order valence-electron chi connectivity index (χ4n) is 5.78. The molecule has 3 unspecified atom stereocenters. The van der Waals surface area contributed by atoms with Crippen LogP contribution in [0.3, 0.4) is 0 Å². The second-order valence-electron chi connectivity index (χ2n) is 9.99. The maximum absolute atomic E-state index is 13.1. The molecule has 1 aliphatic heterocycles. The van der Waals surface area contributed by atoms with Crippen LogP contribution in [0.25, 0.3) is 11.1 Å². The number of alkyl carbamates (subject to hydrolysis) is 1. The molecule has 2 amide bonds. The van der Waals surface area contributed by atoms with Crippen molar-refractivity contribution in [2.75, 3.05) is 19.7 Å². The first-order valence-corrected chi connectivity index (χ1v) is 12.0. The van der Waals surface area contributed by atoms with Gasteiger partial charge in [0.05, 0.1) is 11.3 Å². The largest absolute Gasteiger partial charge is 0.481 e. The van der Waals surface area contributed by atoms with Crippen molar-refractivity contribution in [2.24, 2.45) is 11.3 Å². The molecule has 2 aromatic rings. The van der Waals surface area contributed by atoms with Crippen LogP contribution in [0, 0.1) is 11.3 Å². The van der Waals surface area contributed by atoms with Crippen molar-refractivity contribution >= 4 is 18.0 Å². The molecule has 2 N–H and O–H groups in total. The molecule has 5 rings (SSSR count). The summed E-state index contributed by atoms with van der Waals surface area (Å²) in [6.45, 7) is 2.57. The summed E-state index contributed by atoms with van der Waals surface area (Å²) in [7, 11) is 0. The van der Waals surface area contributed by atoms with Crippen molar-refractivity contribution in [3.8, 4) is 11.1 Å². The summed E-state index contributed by atoms with van der Waals surface area (Å²) in [4.78, 5) is 39.1. The normalized spacial score (nSPS) is 25.6. The van der Waals surface area contributed by atoms with Gasteiger partial charge in [-0.25, -0.2) is 4.79 Å². The summed E-state index contributed by atoms with van der Waals surface area (Å²) >= 11 is 0. The topological polar surface area (TPSA) is 95.9 Å². The minimum atomic E-state index is -0.899. The number of amides is 2. The molecule has 0 radical (unpaired) electrons. The lowest BCUT2D eigenvalue weighted by Crippen LogP contribution is -2.46. The monoisotopic (exact) mass is 462 g/mol. The van der Waals surface area contributed by atoms with Crippen molar-refractivity contribution in [1.29, 1.82) is 0 Å². The lowest BCUT2D eigenvalue weighted by Gasteiger charge is -2.26. The first-order chi connectivity index (χ1) is 16.4. The van der Waals surface area contributed by atoms with E-state index in [0.29, 0.717) is 25.8 Å². The second-order valence-corrected chi connectivity index (χ2v) is 9.99. The number of ether oxygens (including phenoxy) is 1. The number of hydrogen-bond donors (Lipinski definition) is 2. The third-order valence-corrected chi connectivity index (χ3v) is 7.78. The van der Waals surface area contributed by atoms with Crippen LogP contribution < -0.4 is 5.32 Å². The fourth-order valence-corrected chi connectivity index (χ4v) is 5.78. The lowest BCUT2D eigenvalue weighted by atomic mass is 9.90. The molecule has 2 aliphatic carbocycles. The van der Waals surface area contributed by atoms with Crippen LogP contribution in [0.5, 0.6) is 0 Å². The van der Waals surface area contributed by atoms with Crippen molar-refractivity contribution in [1.82, 2.24) is 10.2 Å². The van der Waals surface area contributed by atoms with E-state index in [1.165, 1.54) is 11.1 Å². The van der Waals surface area contributed by atoms with Gasteiger partial charge in [-0.05, 0) is 48.4 Å². The Hall–Kier alpha value is -3.35. The zero-order valence-electron chi connectivity index (χ0n) is 19.3. The molecule has 178 valence electrons. The van der Waals surface area contributed by atoms with Gasteiger partial charge in [0.25, 0.3) is 0 Å². The van der Waals surface area contributed by atoms with Crippen LogP contribution in [0.1, 0.15) is 49.7 Å². The van der Waals surface area contributed by atoms with Crippen LogP contribution in [-0.4, -0.2) is 53.7 Å². The number of carbonyl (C=O) groups is 3. The van der Waals surface area contributed by atoms with Gasteiger partial charge < -0.3 is 20.1 Å². The van der Waals surface area contributed by atoms with Gasteiger partial charge in [-0.3, -0.25) is 9.59 Å². The summed E-state index contributed by atoms with van der Waals surface area (Å²) in [5.41, 5.74) is 3.76. The molecule has 34 heavy (non-hydrogen) atoms. The number of aliphatic carboxylic acids is 1. The Morgan fingerprint density at radius 2 is 1.71 bits per heavy atom. The minimum absolute atomic E-state index is 0.0162. The standard InChI is InChI=1S/C27H30N2O5/c1-27(25(31)32)13-14-29(16-27)24(30)21-11-6-12-23(21)28-26(33)34-15-22-19-9-4-2-7-17(19)18-8-3-5-10-20(18)22/h2-5,7-10,21-23H,6,11-16H2,1H3,(H,28,33)(H,31,32). The Labute approximate surface area is 199 Å². The van der Waals surface area contributed by atoms with Gasteiger partial charge in [0.2, 0.25) is 5.91 Å². The highest BCUT2D eigenvalue weighted by molar-refractivity contribution is 5.83. The Morgan fingerprint density at radius 1 is 1.06 bits per heavy atom. The smallest absolute Gasteiger partial charge is 0.407 e. The van der Waals surface area contributed by atoms with Crippen LogP contribution in [0.15, 0.2) is 48.5 Å². The average molecular weight is 463 g/mol. The van der Waals surface area contributed by atoms with Crippen LogP contribution >= 0.6 is 0 Å². The number of rotatable bonds is 5. The Kier molecular flexibility index (Phi) is 5.80. The summed E-state index contributed by atoms with van der Waals surface area (Å²) in [5, 5.41) is 12.4. The number of hydrogen-bond acceptors (Lipinski definition) is 4. The maximum Gasteiger partial charge on any atom is 0.407 e. The van der Waals surface area contributed by atoms with Gasteiger partial charge >= 0.3 is 12.1 Å². The summed E-state index contributed by atoms with van der Waals surface area (Å²) in [5.74, 6) is -1.29. The Morgan fingerprint density at radius 3 is 2.32 bits per heavy atom. The van der Waals surface area contributed by atoms with E-state index in [1.54, 1.807) is 11.8 Å². The molecule has 2 aromatic carbocycles. The summed E-state index contributed by atoms with van der Waals surface area (Å²) in [6.07, 6.45) is 2.18. The number of likely N-dealkylation sites (tertiary alicyclic amines) is 1. The van der Waals surface area contributed by atoms with Gasteiger partial charge in [0.1, 0.15) is 6.61 Å². The zero-order chi connectivity index (χ0) is 23.9. The molecule has 1 saturated carbocycles. The molecule has 1 heterocycles. The van der Waals surface area contributed by atoms with E-state index >= 15 is 0 Å². The predicted molar refractivity (Wildman–Crippen MR) is 126 cm³/mol. The summed E-state index contributed by atoms with van der Waals surface area (Å²) in [6, 6.07) is 16.1. The average Bonchev–Trinajstić information content (AvgIpc) is 3.54. The first kappa shape index (κ1) is 22.4. The van der Waals surface area contributed by atoms with Crippen molar-refractivity contribution in [3.63, 3.8) is 0 Å². The number of carbonyl (C=O) groups excluding carboxylic acids is 2. The van der Waals surface area contributed by atoms with Gasteiger partial charge in [-0.2, -0.15) is 0 Å². The third kappa shape index (κ3) is 3.93. The third-order valence-electron chi connectivity index (χ3n) is 7.78. The summed E-state index contributed by atoms with van der Waals surface area (Å²) < 4.78 is 5.67. The highest BCUT2D eigenvalue weighted by Gasteiger charge is 2.45. The SMILES string of the molecule is CC1(C(=O)O)CCN(C(=O)C2CCCC2NC(=O)OCC2c3ccccc3-c3ccccc32)C1. The Bertz CT molecular complexity index is 1090. The number of nitrogens with zero attached hydrogens (tertiary/aromatic N) is 1. The van der Waals surface area contributed by atoms with E-state index in [4.69, 9.17) is 4.74 Å². The molecular formula is C27H30N2O5. The van der Waals surface area contributed by atoms with Gasteiger partial charge in [0, 0.05) is 25.0 Å². The van der Waals surface area contributed by atoms with Crippen LogP contribution in [-0.2, 0) is 14.3 Å². The second kappa shape index (κ2) is 8.78. The van der Waals surface area contributed by atoms with Gasteiger partial charge in [-0.1, -0.05) is 55.0 Å². The van der Waals surface area contributed by atoms with Crippen LogP contribution in [0.2, 0.25) is 0 Å². The molecular weight excluding hydrogens is 432 g/mol. The molecule has 0 bridgehead atoms. The van der Waals surface area contributed by atoms with E-state index in [2.05, 4.69) is 29.6 Å². The number of nitrogens with one attached hydrogen (secondary N) is 1. The molecule has 7 heteroatoms. The quantitative estimate of drug-likeness (QED) is 0.700. The van der Waals surface area contributed by atoms with E-state index < -0.39 is 17.5 Å². The van der Waals surface area contributed by atoms with E-state index in [1.807, 2.05) is 24.3 Å². The number of carboxylic acid groups (broad SMARTS) is 1. The van der Waals surface area contributed by atoms with Crippen molar-refractivity contribution in [2.45, 2.75) is 44.6 Å².